The Balaban J connectivity index is 2.09. The third-order valence-corrected chi connectivity index (χ3v) is 6.95. The summed E-state index contributed by atoms with van der Waals surface area (Å²) in [5.41, 5.74) is 1.83. The minimum atomic E-state index is -4.86. The molecule has 1 aliphatic rings. The van der Waals surface area contributed by atoms with Crippen LogP contribution in [0, 0.1) is 0 Å². The lowest BCUT2D eigenvalue weighted by molar-refractivity contribution is -0.274. The van der Waals surface area contributed by atoms with Gasteiger partial charge in [-0.05, 0) is 49.1 Å². The molecule has 0 fully saturated rings. The molecule has 0 saturated carbocycles. The average molecular weight is 565 g/mol. The first kappa shape index (κ1) is 26.7. The van der Waals surface area contributed by atoms with E-state index in [0.717, 1.165) is 5.75 Å². The zero-order chi connectivity index (χ0) is 25.1. The molecule has 0 atom stereocenters. The van der Waals surface area contributed by atoms with Crippen LogP contribution in [-0.4, -0.2) is 70.4 Å². The number of alkyl halides is 3. The minimum Gasteiger partial charge on any atom is -0.406 e. The SMILES string of the molecule is COCCN1c2ccc(Br)cc2C(=O)N(COCCS(C)(C)C)c2cc(OC(F)(F)F)ccc21. The molecule has 0 unspecified atom stereocenters. The van der Waals surface area contributed by atoms with Crippen molar-refractivity contribution in [1.82, 2.24) is 0 Å². The second-order valence-electron chi connectivity index (χ2n) is 8.57. The van der Waals surface area contributed by atoms with E-state index in [0.29, 0.717) is 41.2 Å². The van der Waals surface area contributed by atoms with Gasteiger partial charge in [-0.15, -0.1) is 13.2 Å². The molecule has 2 aromatic carbocycles. The Morgan fingerprint density at radius 2 is 1.68 bits per heavy atom. The Labute approximate surface area is 207 Å². The highest BCUT2D eigenvalue weighted by atomic mass is 79.9. The van der Waals surface area contributed by atoms with Crippen molar-refractivity contribution in [1.29, 1.82) is 0 Å². The summed E-state index contributed by atoms with van der Waals surface area (Å²) in [4.78, 5) is 16.9. The summed E-state index contributed by atoms with van der Waals surface area (Å²) in [7, 11) is 0.749. The van der Waals surface area contributed by atoms with E-state index >= 15 is 0 Å². The summed E-state index contributed by atoms with van der Waals surface area (Å²) in [5.74, 6) is 0.0352. The number of amides is 1. The smallest absolute Gasteiger partial charge is 0.406 e. The number of hydrogen-bond donors (Lipinski definition) is 0. The van der Waals surface area contributed by atoms with Crippen LogP contribution >= 0.6 is 26.0 Å². The van der Waals surface area contributed by atoms with Crippen molar-refractivity contribution in [3.05, 3.63) is 46.4 Å². The van der Waals surface area contributed by atoms with Gasteiger partial charge in [0.15, 0.2) is 0 Å². The van der Waals surface area contributed by atoms with Gasteiger partial charge < -0.3 is 19.1 Å². The molecular formula is C23H28BrF3N2O4S. The van der Waals surface area contributed by atoms with Crippen LogP contribution in [0.1, 0.15) is 10.4 Å². The second kappa shape index (κ2) is 10.8. The maximum atomic E-state index is 13.7. The molecule has 3 rings (SSSR count). The van der Waals surface area contributed by atoms with E-state index < -0.39 is 22.1 Å². The fourth-order valence-corrected chi connectivity index (χ4v) is 4.44. The predicted octanol–water partition coefficient (Wildman–Crippen LogP) is 5.76. The van der Waals surface area contributed by atoms with Gasteiger partial charge in [-0.3, -0.25) is 9.69 Å². The molecule has 6 nitrogen and oxygen atoms in total. The zero-order valence-electron chi connectivity index (χ0n) is 19.4. The highest BCUT2D eigenvalue weighted by Crippen LogP contribution is 2.43. The van der Waals surface area contributed by atoms with Crippen molar-refractivity contribution in [3.63, 3.8) is 0 Å². The average Bonchev–Trinajstić information content (AvgIpc) is 2.81. The third-order valence-electron chi connectivity index (χ3n) is 5.07. The number of hydrogen-bond acceptors (Lipinski definition) is 5. The Kier molecular flexibility index (Phi) is 8.43. The summed E-state index contributed by atoms with van der Waals surface area (Å²) in [5, 5.41) is 0. The number of halogens is 4. The van der Waals surface area contributed by atoms with Crippen LogP contribution in [0.4, 0.5) is 30.2 Å². The summed E-state index contributed by atoms with van der Waals surface area (Å²) in [6, 6.07) is 9.28. The largest absolute Gasteiger partial charge is 0.573 e. The van der Waals surface area contributed by atoms with Crippen molar-refractivity contribution >= 4 is 48.9 Å². The van der Waals surface area contributed by atoms with E-state index in [9.17, 15) is 18.0 Å². The quantitative estimate of drug-likeness (QED) is 0.362. The van der Waals surface area contributed by atoms with Gasteiger partial charge in [0.2, 0.25) is 0 Å². The summed E-state index contributed by atoms with van der Waals surface area (Å²) >= 11 is 3.41. The molecule has 0 aliphatic carbocycles. The number of carbonyl (C=O) groups excluding carboxylic acids is 1. The zero-order valence-corrected chi connectivity index (χ0v) is 21.8. The molecule has 0 bridgehead atoms. The number of carbonyl (C=O) groups is 1. The predicted molar refractivity (Wildman–Crippen MR) is 134 cm³/mol. The van der Waals surface area contributed by atoms with Crippen LogP contribution in [0.5, 0.6) is 5.75 Å². The van der Waals surface area contributed by atoms with Crippen LogP contribution in [0.15, 0.2) is 40.9 Å². The van der Waals surface area contributed by atoms with Crippen LogP contribution in [0.2, 0.25) is 0 Å². The summed E-state index contributed by atoms with van der Waals surface area (Å²) in [6.45, 7) is 1.04. The van der Waals surface area contributed by atoms with Gasteiger partial charge in [0.05, 0.1) is 35.8 Å². The lowest BCUT2D eigenvalue weighted by Gasteiger charge is -2.28. The Morgan fingerprint density at radius 3 is 2.32 bits per heavy atom. The number of ether oxygens (including phenoxy) is 3. The number of methoxy groups -OCH3 is 1. The first-order chi connectivity index (χ1) is 15.9. The molecule has 1 aliphatic heterocycles. The van der Waals surface area contributed by atoms with Crippen molar-refractivity contribution in [2.45, 2.75) is 6.36 Å². The second-order valence-corrected chi connectivity index (χ2v) is 14.1. The van der Waals surface area contributed by atoms with Crippen LogP contribution < -0.4 is 14.5 Å². The fourth-order valence-electron chi connectivity index (χ4n) is 3.46. The lowest BCUT2D eigenvalue weighted by Crippen LogP contribution is -2.33. The van der Waals surface area contributed by atoms with Gasteiger partial charge in [-0.25, -0.2) is 10.0 Å². The molecule has 188 valence electrons. The van der Waals surface area contributed by atoms with E-state index in [-0.39, 0.29) is 18.3 Å². The fraction of sp³-hybridized carbons (Fsp3) is 0.435. The number of anilines is 3. The van der Waals surface area contributed by atoms with E-state index in [1.54, 1.807) is 19.2 Å². The van der Waals surface area contributed by atoms with E-state index in [2.05, 4.69) is 39.4 Å². The standard InChI is InChI=1S/C23H28BrF3N2O4S/c1-31-10-9-28-19-7-5-16(24)13-18(19)22(30)29(15-32-11-12-34(2,3)4)21-14-17(6-8-20(21)28)33-23(25,26)27/h5-8,13-14H,9-12,15H2,1-4H3. The normalized spacial score (nSPS) is 14.5. The minimum absolute atomic E-state index is 0.110. The van der Waals surface area contributed by atoms with E-state index in [1.165, 1.54) is 23.1 Å². The topological polar surface area (TPSA) is 51.2 Å². The van der Waals surface area contributed by atoms with Crippen LogP contribution in [0.3, 0.4) is 0 Å². The van der Waals surface area contributed by atoms with Crippen LogP contribution in [0.25, 0.3) is 0 Å². The molecule has 0 saturated heterocycles. The third kappa shape index (κ3) is 6.80. The van der Waals surface area contributed by atoms with Crippen molar-refractivity contribution < 1.29 is 32.2 Å². The van der Waals surface area contributed by atoms with E-state index in [4.69, 9.17) is 9.47 Å². The molecule has 0 N–H and O–H groups in total. The Hall–Kier alpha value is -1.95. The van der Waals surface area contributed by atoms with Crippen molar-refractivity contribution in [2.24, 2.45) is 0 Å². The van der Waals surface area contributed by atoms with E-state index in [1.807, 2.05) is 11.0 Å². The number of nitrogens with zero attached hydrogens (tertiary/aromatic N) is 2. The van der Waals surface area contributed by atoms with Gasteiger partial charge in [0.1, 0.15) is 12.5 Å². The van der Waals surface area contributed by atoms with Crippen molar-refractivity contribution in [2.75, 3.05) is 67.9 Å². The highest BCUT2D eigenvalue weighted by Gasteiger charge is 2.34. The molecule has 34 heavy (non-hydrogen) atoms. The van der Waals surface area contributed by atoms with Gasteiger partial charge in [0.25, 0.3) is 5.91 Å². The van der Waals surface area contributed by atoms with Crippen LogP contribution in [-0.2, 0) is 9.47 Å². The first-order valence-electron chi connectivity index (χ1n) is 10.4. The monoisotopic (exact) mass is 564 g/mol. The van der Waals surface area contributed by atoms with Crippen molar-refractivity contribution in [3.8, 4) is 5.75 Å². The molecule has 2 aromatic rings. The molecule has 1 amide bonds. The molecular weight excluding hydrogens is 537 g/mol. The maximum absolute atomic E-state index is 13.7. The number of benzene rings is 2. The molecule has 0 aromatic heterocycles. The summed E-state index contributed by atoms with van der Waals surface area (Å²) < 4.78 is 54.7. The van der Waals surface area contributed by atoms with Gasteiger partial charge in [-0.1, -0.05) is 15.9 Å². The molecule has 0 radical (unpaired) electrons. The number of fused-ring (bicyclic) bond motifs is 2. The van der Waals surface area contributed by atoms with Gasteiger partial charge in [0, 0.05) is 29.9 Å². The molecule has 11 heteroatoms. The Bertz CT molecular complexity index is 1030. The number of rotatable bonds is 9. The lowest BCUT2D eigenvalue weighted by atomic mass is 10.1. The van der Waals surface area contributed by atoms with Gasteiger partial charge >= 0.3 is 6.36 Å². The first-order valence-corrected chi connectivity index (χ1v) is 14.2. The Morgan fingerprint density at radius 1 is 0.971 bits per heavy atom. The van der Waals surface area contributed by atoms with Gasteiger partial charge in [-0.2, -0.15) is 0 Å². The summed E-state index contributed by atoms with van der Waals surface area (Å²) in [6.07, 6.45) is 1.62. The maximum Gasteiger partial charge on any atom is 0.573 e. The molecule has 1 heterocycles. The highest BCUT2D eigenvalue weighted by molar-refractivity contribution is 9.10. The molecule has 0 spiro atoms.